The maximum absolute atomic E-state index is 10.7. The molecule has 0 bridgehead atoms. The van der Waals surface area contributed by atoms with Crippen LogP contribution in [0.1, 0.15) is 70.6 Å². The first-order chi connectivity index (χ1) is 12.4. The fourth-order valence-corrected chi connectivity index (χ4v) is 3.74. The van der Waals surface area contributed by atoms with Crippen molar-refractivity contribution in [2.75, 3.05) is 0 Å². The second kappa shape index (κ2) is 9.80. The molecule has 142 valence electrons. The van der Waals surface area contributed by atoms with Crippen LogP contribution >= 0.6 is 0 Å². The van der Waals surface area contributed by atoms with Crippen LogP contribution in [0.5, 0.6) is 5.75 Å². The molecule has 1 heteroatoms. The molecule has 2 aromatic carbocycles. The molecule has 0 heterocycles. The summed E-state index contributed by atoms with van der Waals surface area (Å²) in [5.41, 5.74) is 6.34. The van der Waals surface area contributed by atoms with Gasteiger partial charge >= 0.3 is 0 Å². The first-order valence-corrected chi connectivity index (χ1v) is 10.3. The van der Waals surface area contributed by atoms with E-state index in [0.717, 1.165) is 24.8 Å². The molecule has 0 aromatic heterocycles. The number of phenolic OH excluding ortho intramolecular Hbond substituents is 1. The van der Waals surface area contributed by atoms with Gasteiger partial charge in [-0.3, -0.25) is 0 Å². The number of benzene rings is 2. The van der Waals surface area contributed by atoms with Crippen molar-refractivity contribution in [1.29, 1.82) is 0 Å². The third-order valence-electron chi connectivity index (χ3n) is 4.89. The molecule has 2 rings (SSSR count). The third-order valence-corrected chi connectivity index (χ3v) is 4.89. The van der Waals surface area contributed by atoms with Gasteiger partial charge in [0.1, 0.15) is 5.75 Å². The van der Waals surface area contributed by atoms with Gasteiger partial charge in [0.2, 0.25) is 0 Å². The van der Waals surface area contributed by atoms with Crippen LogP contribution in [0.4, 0.5) is 0 Å². The fraction of sp³-hybridized carbons (Fsp3) is 0.520. The summed E-state index contributed by atoms with van der Waals surface area (Å²) in [6.45, 7) is 11.3. The lowest BCUT2D eigenvalue weighted by atomic mass is 9.86. The van der Waals surface area contributed by atoms with Crippen molar-refractivity contribution in [1.82, 2.24) is 0 Å². The van der Waals surface area contributed by atoms with Crippen LogP contribution in [-0.4, -0.2) is 5.11 Å². The molecular formula is C25H36O. The Morgan fingerprint density at radius 3 is 2.00 bits per heavy atom. The summed E-state index contributed by atoms with van der Waals surface area (Å²) in [4.78, 5) is 0. The minimum atomic E-state index is 0.408. The Labute approximate surface area is 160 Å². The van der Waals surface area contributed by atoms with Crippen LogP contribution in [0.3, 0.4) is 0 Å². The molecule has 0 aliphatic rings. The number of hydrogen-bond donors (Lipinski definition) is 1. The molecule has 0 radical (unpaired) electrons. The predicted molar refractivity (Wildman–Crippen MR) is 114 cm³/mol. The molecule has 0 aliphatic heterocycles. The minimum Gasteiger partial charge on any atom is -0.507 e. The van der Waals surface area contributed by atoms with Gasteiger partial charge in [0.05, 0.1) is 0 Å². The Kier molecular flexibility index (Phi) is 7.75. The topological polar surface area (TPSA) is 20.2 Å². The van der Waals surface area contributed by atoms with E-state index in [9.17, 15) is 5.11 Å². The van der Waals surface area contributed by atoms with Gasteiger partial charge in [-0.15, -0.1) is 0 Å². The van der Waals surface area contributed by atoms with Crippen molar-refractivity contribution in [3.05, 3.63) is 53.1 Å². The van der Waals surface area contributed by atoms with Gasteiger partial charge < -0.3 is 5.11 Å². The van der Waals surface area contributed by atoms with Gasteiger partial charge in [0.25, 0.3) is 0 Å². The predicted octanol–water partition coefficient (Wildman–Crippen LogP) is 7.19. The molecule has 1 nitrogen and oxygen atoms in total. The molecule has 0 fully saturated rings. The molecule has 0 spiro atoms. The van der Waals surface area contributed by atoms with E-state index in [2.05, 4.69) is 65.0 Å². The van der Waals surface area contributed by atoms with E-state index in [0.29, 0.717) is 17.6 Å². The summed E-state index contributed by atoms with van der Waals surface area (Å²) in [6, 6.07) is 12.9. The van der Waals surface area contributed by atoms with Crippen LogP contribution in [0, 0.1) is 11.8 Å². The Morgan fingerprint density at radius 1 is 0.846 bits per heavy atom. The molecule has 26 heavy (non-hydrogen) atoms. The highest BCUT2D eigenvalue weighted by atomic mass is 16.3. The fourth-order valence-electron chi connectivity index (χ4n) is 3.74. The summed E-state index contributed by atoms with van der Waals surface area (Å²) in [7, 11) is 0. The van der Waals surface area contributed by atoms with Gasteiger partial charge in [-0.25, -0.2) is 0 Å². The van der Waals surface area contributed by atoms with E-state index in [1.54, 1.807) is 0 Å². The second-order valence-electron chi connectivity index (χ2n) is 8.46. The normalized spacial score (nSPS) is 11.5. The van der Waals surface area contributed by atoms with E-state index in [4.69, 9.17) is 0 Å². The Balaban J connectivity index is 2.51. The quantitative estimate of drug-likeness (QED) is 0.473. The van der Waals surface area contributed by atoms with Crippen LogP contribution in [0.2, 0.25) is 0 Å². The molecule has 0 saturated carbocycles. The minimum absolute atomic E-state index is 0.408. The zero-order chi connectivity index (χ0) is 19.1. The highest BCUT2D eigenvalue weighted by Crippen LogP contribution is 2.37. The lowest BCUT2D eigenvalue weighted by Gasteiger charge is -2.19. The first kappa shape index (κ1) is 20.6. The lowest BCUT2D eigenvalue weighted by molar-refractivity contribution is 0.476. The van der Waals surface area contributed by atoms with Crippen molar-refractivity contribution >= 4 is 0 Å². The van der Waals surface area contributed by atoms with Crippen LogP contribution < -0.4 is 0 Å². The zero-order valence-electron chi connectivity index (χ0n) is 17.3. The van der Waals surface area contributed by atoms with Gasteiger partial charge in [0.15, 0.2) is 0 Å². The SMILES string of the molecule is CCCCCc1ccc(O)c(-c2c(CC(C)C)cccc2CC(C)C)c1. The summed E-state index contributed by atoms with van der Waals surface area (Å²) < 4.78 is 0. The van der Waals surface area contributed by atoms with Gasteiger partial charge in [-0.05, 0) is 71.9 Å². The highest BCUT2D eigenvalue weighted by molar-refractivity contribution is 5.77. The first-order valence-electron chi connectivity index (χ1n) is 10.3. The monoisotopic (exact) mass is 352 g/mol. The second-order valence-corrected chi connectivity index (χ2v) is 8.46. The molecule has 2 aromatic rings. The van der Waals surface area contributed by atoms with E-state index >= 15 is 0 Å². The summed E-state index contributed by atoms with van der Waals surface area (Å²) in [6.07, 6.45) is 6.89. The lowest BCUT2D eigenvalue weighted by Crippen LogP contribution is -2.03. The van der Waals surface area contributed by atoms with Gasteiger partial charge in [0, 0.05) is 5.56 Å². The van der Waals surface area contributed by atoms with Crippen molar-refractivity contribution in [2.24, 2.45) is 11.8 Å². The average molecular weight is 353 g/mol. The van der Waals surface area contributed by atoms with Gasteiger partial charge in [-0.1, -0.05) is 71.7 Å². The maximum Gasteiger partial charge on any atom is 0.123 e. The summed E-state index contributed by atoms with van der Waals surface area (Å²) in [5.74, 6) is 1.60. The zero-order valence-corrected chi connectivity index (χ0v) is 17.3. The largest absolute Gasteiger partial charge is 0.507 e. The molecule has 0 unspecified atom stereocenters. The molecule has 0 saturated heterocycles. The Morgan fingerprint density at radius 2 is 1.46 bits per heavy atom. The van der Waals surface area contributed by atoms with Crippen molar-refractivity contribution in [3.63, 3.8) is 0 Å². The van der Waals surface area contributed by atoms with E-state index < -0.39 is 0 Å². The number of unbranched alkanes of at least 4 members (excludes halogenated alkanes) is 2. The Bertz CT molecular complexity index is 669. The smallest absolute Gasteiger partial charge is 0.123 e. The van der Waals surface area contributed by atoms with Gasteiger partial charge in [-0.2, -0.15) is 0 Å². The number of rotatable bonds is 9. The number of aryl methyl sites for hydroxylation is 1. The number of hydrogen-bond acceptors (Lipinski definition) is 1. The van der Waals surface area contributed by atoms with Crippen molar-refractivity contribution in [2.45, 2.75) is 73.1 Å². The summed E-state index contributed by atoms with van der Waals surface area (Å²) in [5, 5.41) is 10.7. The van der Waals surface area contributed by atoms with E-state index in [1.165, 1.54) is 41.5 Å². The molecule has 0 amide bonds. The van der Waals surface area contributed by atoms with Crippen LogP contribution in [-0.2, 0) is 19.3 Å². The standard InChI is InChI=1S/C25H36O/c1-6-7-8-10-20-13-14-24(26)23(17-20)25-21(15-18(2)3)11-9-12-22(25)16-19(4)5/h9,11-14,17-19,26H,6-8,10,15-16H2,1-5H3. The van der Waals surface area contributed by atoms with Crippen LogP contribution in [0.15, 0.2) is 36.4 Å². The Hall–Kier alpha value is -1.76. The number of aromatic hydroxyl groups is 1. The average Bonchev–Trinajstić information content (AvgIpc) is 2.56. The van der Waals surface area contributed by atoms with E-state index in [1.807, 2.05) is 6.07 Å². The molecule has 0 aliphatic carbocycles. The maximum atomic E-state index is 10.7. The highest BCUT2D eigenvalue weighted by Gasteiger charge is 2.16. The summed E-state index contributed by atoms with van der Waals surface area (Å²) >= 11 is 0. The van der Waals surface area contributed by atoms with Crippen LogP contribution in [0.25, 0.3) is 11.1 Å². The van der Waals surface area contributed by atoms with Crippen molar-refractivity contribution < 1.29 is 5.11 Å². The molecule has 1 N–H and O–H groups in total. The number of phenols is 1. The van der Waals surface area contributed by atoms with E-state index in [-0.39, 0.29) is 0 Å². The molecule has 0 atom stereocenters. The third kappa shape index (κ3) is 5.62. The van der Waals surface area contributed by atoms with Crippen molar-refractivity contribution in [3.8, 4) is 16.9 Å². The molecular weight excluding hydrogens is 316 g/mol.